The molecule has 6 heteroatoms. The standard InChI is InChI=1S/C18H28N4O2/c1-12-17(13(2)20(4)19-12)15-8-7-11-22(15)18(24)14(3)21-10-6-5-9-16(21)23/h14-15H,5-11H2,1-4H3/t14-,15+/m0/s1. The lowest BCUT2D eigenvalue weighted by molar-refractivity contribution is -0.147. The molecule has 3 heterocycles. The van der Waals surface area contributed by atoms with Crippen molar-refractivity contribution in [1.82, 2.24) is 19.6 Å². The van der Waals surface area contributed by atoms with Gasteiger partial charge in [0.25, 0.3) is 0 Å². The normalized spacial score (nSPS) is 23.0. The quantitative estimate of drug-likeness (QED) is 0.852. The Morgan fingerprint density at radius 1 is 1.21 bits per heavy atom. The fourth-order valence-corrected chi connectivity index (χ4v) is 4.21. The van der Waals surface area contributed by atoms with Crippen LogP contribution in [0.2, 0.25) is 0 Å². The molecule has 2 atom stereocenters. The molecule has 0 aromatic carbocycles. The first-order valence-corrected chi connectivity index (χ1v) is 9.02. The summed E-state index contributed by atoms with van der Waals surface area (Å²) in [5.41, 5.74) is 3.31. The average molecular weight is 332 g/mol. The van der Waals surface area contributed by atoms with Crippen LogP contribution in [0, 0.1) is 13.8 Å². The molecule has 24 heavy (non-hydrogen) atoms. The highest BCUT2D eigenvalue weighted by molar-refractivity contribution is 5.88. The predicted octanol–water partition coefficient (Wildman–Crippen LogP) is 2.10. The van der Waals surface area contributed by atoms with Crippen LogP contribution < -0.4 is 0 Å². The summed E-state index contributed by atoms with van der Waals surface area (Å²) in [6.07, 6.45) is 4.48. The highest BCUT2D eigenvalue weighted by Crippen LogP contribution is 2.36. The van der Waals surface area contributed by atoms with E-state index in [1.165, 1.54) is 5.56 Å². The van der Waals surface area contributed by atoms with Crippen LogP contribution in [0.5, 0.6) is 0 Å². The van der Waals surface area contributed by atoms with Gasteiger partial charge in [-0.3, -0.25) is 14.3 Å². The third-order valence-corrected chi connectivity index (χ3v) is 5.62. The van der Waals surface area contributed by atoms with Gasteiger partial charge in [0.05, 0.1) is 11.7 Å². The molecule has 1 aromatic rings. The molecule has 0 saturated carbocycles. The average Bonchev–Trinajstić information content (AvgIpc) is 3.11. The minimum Gasteiger partial charge on any atom is -0.334 e. The van der Waals surface area contributed by atoms with Crippen molar-refractivity contribution in [3.8, 4) is 0 Å². The summed E-state index contributed by atoms with van der Waals surface area (Å²) >= 11 is 0. The van der Waals surface area contributed by atoms with E-state index in [1.807, 2.05) is 30.5 Å². The monoisotopic (exact) mass is 332 g/mol. The number of carbonyl (C=O) groups is 2. The molecule has 0 aliphatic carbocycles. The zero-order chi connectivity index (χ0) is 17.4. The Hall–Kier alpha value is -1.85. The van der Waals surface area contributed by atoms with Crippen molar-refractivity contribution in [1.29, 1.82) is 0 Å². The van der Waals surface area contributed by atoms with E-state index in [-0.39, 0.29) is 23.9 Å². The van der Waals surface area contributed by atoms with Crippen molar-refractivity contribution in [2.45, 2.75) is 65.0 Å². The highest BCUT2D eigenvalue weighted by Gasteiger charge is 2.38. The van der Waals surface area contributed by atoms with Crippen LogP contribution >= 0.6 is 0 Å². The van der Waals surface area contributed by atoms with Crippen molar-refractivity contribution in [2.75, 3.05) is 13.1 Å². The highest BCUT2D eigenvalue weighted by atomic mass is 16.2. The molecular formula is C18H28N4O2. The summed E-state index contributed by atoms with van der Waals surface area (Å²) in [6, 6.07) is -0.274. The van der Waals surface area contributed by atoms with E-state index in [1.54, 1.807) is 4.90 Å². The number of aryl methyl sites for hydroxylation is 2. The van der Waals surface area contributed by atoms with Crippen LogP contribution in [-0.2, 0) is 16.6 Å². The van der Waals surface area contributed by atoms with Crippen LogP contribution in [-0.4, -0.2) is 50.5 Å². The van der Waals surface area contributed by atoms with Crippen LogP contribution in [0.4, 0.5) is 0 Å². The maximum atomic E-state index is 13.1. The Balaban J connectivity index is 1.82. The van der Waals surface area contributed by atoms with Gasteiger partial charge in [-0.2, -0.15) is 5.10 Å². The fourth-order valence-electron chi connectivity index (χ4n) is 4.21. The molecule has 2 saturated heterocycles. The molecule has 0 bridgehead atoms. The Bertz CT molecular complexity index is 652. The van der Waals surface area contributed by atoms with Gasteiger partial charge < -0.3 is 9.80 Å². The first kappa shape index (κ1) is 17.0. The number of likely N-dealkylation sites (tertiary alicyclic amines) is 2. The molecule has 2 amide bonds. The van der Waals surface area contributed by atoms with E-state index in [0.29, 0.717) is 13.0 Å². The third-order valence-electron chi connectivity index (χ3n) is 5.62. The van der Waals surface area contributed by atoms with Gasteiger partial charge >= 0.3 is 0 Å². The fraction of sp³-hybridized carbons (Fsp3) is 0.722. The van der Waals surface area contributed by atoms with Gasteiger partial charge in [0, 0.05) is 37.8 Å². The van der Waals surface area contributed by atoms with E-state index >= 15 is 0 Å². The zero-order valence-corrected chi connectivity index (χ0v) is 15.2. The summed E-state index contributed by atoms with van der Waals surface area (Å²) in [4.78, 5) is 29.0. The topological polar surface area (TPSA) is 58.4 Å². The summed E-state index contributed by atoms with van der Waals surface area (Å²) in [7, 11) is 1.95. The Labute approximate surface area is 143 Å². The van der Waals surface area contributed by atoms with Gasteiger partial charge in [0.15, 0.2) is 0 Å². The first-order chi connectivity index (χ1) is 11.4. The molecule has 0 spiro atoms. The van der Waals surface area contributed by atoms with Gasteiger partial charge in [0.1, 0.15) is 6.04 Å². The van der Waals surface area contributed by atoms with E-state index in [9.17, 15) is 9.59 Å². The molecule has 132 valence electrons. The van der Waals surface area contributed by atoms with Crippen LogP contribution in [0.3, 0.4) is 0 Å². The molecule has 1 aromatic heterocycles. The van der Waals surface area contributed by atoms with Crippen LogP contribution in [0.15, 0.2) is 0 Å². The molecule has 2 fully saturated rings. The van der Waals surface area contributed by atoms with Crippen molar-refractivity contribution < 1.29 is 9.59 Å². The van der Waals surface area contributed by atoms with Gasteiger partial charge in [-0.05, 0) is 46.5 Å². The molecule has 0 N–H and O–H groups in total. The number of hydrogen-bond donors (Lipinski definition) is 0. The molecule has 2 aliphatic heterocycles. The van der Waals surface area contributed by atoms with Crippen LogP contribution in [0.1, 0.15) is 62.0 Å². The largest absolute Gasteiger partial charge is 0.334 e. The lowest BCUT2D eigenvalue weighted by atomic mass is 10.0. The number of aromatic nitrogens is 2. The van der Waals surface area contributed by atoms with E-state index in [4.69, 9.17) is 0 Å². The van der Waals surface area contributed by atoms with Gasteiger partial charge in [-0.25, -0.2) is 0 Å². The van der Waals surface area contributed by atoms with E-state index < -0.39 is 0 Å². The lowest BCUT2D eigenvalue weighted by Gasteiger charge is -2.35. The number of hydrogen-bond acceptors (Lipinski definition) is 3. The summed E-state index contributed by atoms with van der Waals surface area (Å²) in [5, 5.41) is 4.51. The predicted molar refractivity (Wildman–Crippen MR) is 91.4 cm³/mol. The van der Waals surface area contributed by atoms with Crippen molar-refractivity contribution in [2.24, 2.45) is 7.05 Å². The Morgan fingerprint density at radius 3 is 2.58 bits per heavy atom. The summed E-state index contributed by atoms with van der Waals surface area (Å²) < 4.78 is 1.89. The SMILES string of the molecule is Cc1nn(C)c(C)c1[C@H]1CCCN1C(=O)[C@H](C)N1CCCCC1=O. The third kappa shape index (κ3) is 2.82. The maximum Gasteiger partial charge on any atom is 0.245 e. The second-order valence-corrected chi connectivity index (χ2v) is 7.12. The first-order valence-electron chi connectivity index (χ1n) is 9.02. The second-order valence-electron chi connectivity index (χ2n) is 7.12. The zero-order valence-electron chi connectivity index (χ0n) is 15.2. The molecule has 3 rings (SSSR count). The number of piperidine rings is 1. The smallest absolute Gasteiger partial charge is 0.245 e. The van der Waals surface area contributed by atoms with Crippen LogP contribution in [0.25, 0.3) is 0 Å². The van der Waals surface area contributed by atoms with Crippen molar-refractivity contribution in [3.05, 3.63) is 17.0 Å². The second kappa shape index (κ2) is 6.57. The minimum atomic E-state index is -0.365. The Kier molecular flexibility index (Phi) is 4.65. The van der Waals surface area contributed by atoms with E-state index in [2.05, 4.69) is 12.0 Å². The summed E-state index contributed by atoms with van der Waals surface area (Å²) in [6.45, 7) is 7.43. The minimum absolute atomic E-state index is 0.0791. The van der Waals surface area contributed by atoms with Gasteiger partial charge in [-0.1, -0.05) is 0 Å². The van der Waals surface area contributed by atoms with Gasteiger partial charge in [0.2, 0.25) is 11.8 Å². The van der Waals surface area contributed by atoms with E-state index in [0.717, 1.165) is 43.6 Å². The molecule has 0 radical (unpaired) electrons. The molecular weight excluding hydrogens is 304 g/mol. The molecule has 2 aliphatic rings. The van der Waals surface area contributed by atoms with Gasteiger partial charge in [-0.15, -0.1) is 0 Å². The number of amides is 2. The van der Waals surface area contributed by atoms with Crippen molar-refractivity contribution >= 4 is 11.8 Å². The summed E-state index contributed by atoms with van der Waals surface area (Å²) in [5.74, 6) is 0.196. The van der Waals surface area contributed by atoms with Crippen molar-refractivity contribution in [3.63, 3.8) is 0 Å². The molecule has 6 nitrogen and oxygen atoms in total. The number of carbonyl (C=O) groups excluding carboxylic acids is 2. The number of rotatable bonds is 3. The number of nitrogens with zero attached hydrogens (tertiary/aromatic N) is 4. The molecule has 0 unspecified atom stereocenters. The Morgan fingerprint density at radius 2 is 1.96 bits per heavy atom. The maximum absolute atomic E-state index is 13.1. The lowest BCUT2D eigenvalue weighted by Crippen LogP contribution is -2.50.